The molecule has 0 aliphatic carbocycles. The number of amides is 1. The van der Waals surface area contributed by atoms with Crippen LogP contribution in [0.15, 0.2) is 36.7 Å². The van der Waals surface area contributed by atoms with Crippen LogP contribution in [-0.2, 0) is 11.3 Å². The van der Waals surface area contributed by atoms with Gasteiger partial charge in [-0.3, -0.25) is 9.69 Å². The molecule has 1 unspecified atom stereocenters. The van der Waals surface area contributed by atoms with Crippen molar-refractivity contribution in [3.05, 3.63) is 52.7 Å². The van der Waals surface area contributed by atoms with Crippen molar-refractivity contribution < 1.29 is 9.53 Å². The van der Waals surface area contributed by atoms with Crippen LogP contribution in [0.25, 0.3) is 10.2 Å². The third-order valence-corrected chi connectivity index (χ3v) is 6.80. The second-order valence-electron chi connectivity index (χ2n) is 8.05. The smallest absolute Gasteiger partial charge is 0.261 e. The van der Waals surface area contributed by atoms with Crippen molar-refractivity contribution in [2.75, 3.05) is 52.3 Å². The monoisotopic (exact) mass is 439 g/mol. The van der Waals surface area contributed by atoms with Crippen molar-refractivity contribution in [1.82, 2.24) is 20.2 Å². The molecule has 1 atom stereocenters. The maximum atomic E-state index is 12.9. The minimum Gasteiger partial charge on any atom is -0.383 e. The first-order valence-corrected chi connectivity index (χ1v) is 11.4. The summed E-state index contributed by atoms with van der Waals surface area (Å²) in [5, 5.41) is 4.09. The first kappa shape index (κ1) is 21.7. The average Bonchev–Trinajstić information content (AvgIpc) is 3.38. The number of ether oxygens (including phenoxy) is 1. The van der Waals surface area contributed by atoms with Crippen LogP contribution >= 0.6 is 11.3 Å². The van der Waals surface area contributed by atoms with Gasteiger partial charge < -0.3 is 15.0 Å². The van der Waals surface area contributed by atoms with E-state index in [-0.39, 0.29) is 5.91 Å². The Morgan fingerprint density at radius 1 is 1.29 bits per heavy atom. The number of carbonyl (C=O) groups excluding carboxylic acids is 1. The van der Waals surface area contributed by atoms with E-state index in [4.69, 9.17) is 4.74 Å². The molecule has 4 heterocycles. The molecule has 3 aromatic rings. The minimum atomic E-state index is -0.0318. The second-order valence-corrected chi connectivity index (χ2v) is 9.05. The van der Waals surface area contributed by atoms with Gasteiger partial charge in [0.25, 0.3) is 5.91 Å². The van der Waals surface area contributed by atoms with E-state index in [0.717, 1.165) is 52.5 Å². The number of hydrogen-bond donors (Lipinski definition) is 1. The fourth-order valence-electron chi connectivity index (χ4n) is 4.28. The summed E-state index contributed by atoms with van der Waals surface area (Å²) in [5.41, 5.74) is 2.37. The van der Waals surface area contributed by atoms with Crippen molar-refractivity contribution in [1.29, 1.82) is 0 Å². The van der Waals surface area contributed by atoms with Crippen molar-refractivity contribution >= 4 is 33.3 Å². The largest absolute Gasteiger partial charge is 0.383 e. The maximum absolute atomic E-state index is 12.9. The van der Waals surface area contributed by atoms with E-state index in [1.165, 1.54) is 16.9 Å². The highest BCUT2D eigenvalue weighted by atomic mass is 32.1. The summed E-state index contributed by atoms with van der Waals surface area (Å²) in [5.74, 6) is 1.28. The maximum Gasteiger partial charge on any atom is 0.261 e. The molecule has 0 spiro atoms. The van der Waals surface area contributed by atoms with Gasteiger partial charge in [0, 0.05) is 70.1 Å². The summed E-state index contributed by atoms with van der Waals surface area (Å²) in [6.45, 7) is 3.77. The number of pyridine rings is 2. The topological polar surface area (TPSA) is 70.6 Å². The zero-order valence-electron chi connectivity index (χ0n) is 18.3. The number of carbonyl (C=O) groups is 1. The molecular weight excluding hydrogens is 410 g/mol. The molecule has 31 heavy (non-hydrogen) atoms. The SMILES string of the molecule is COCCNC(=O)c1sc2ncccc2c1C1CCN(Cc2cccnc2N(C)C)C1. The van der Waals surface area contributed by atoms with Crippen molar-refractivity contribution in [3.63, 3.8) is 0 Å². The Hall–Kier alpha value is -2.55. The van der Waals surface area contributed by atoms with Gasteiger partial charge in [-0.05, 0) is 30.7 Å². The Kier molecular flexibility index (Phi) is 6.80. The molecule has 3 aromatic heterocycles. The Morgan fingerprint density at radius 3 is 2.90 bits per heavy atom. The molecule has 7 nitrogen and oxygen atoms in total. The van der Waals surface area contributed by atoms with E-state index in [9.17, 15) is 4.79 Å². The molecule has 4 rings (SSSR count). The lowest BCUT2D eigenvalue weighted by atomic mass is 9.95. The molecule has 1 aliphatic rings. The highest BCUT2D eigenvalue weighted by molar-refractivity contribution is 7.20. The van der Waals surface area contributed by atoms with Crippen LogP contribution in [0.1, 0.15) is 33.1 Å². The Labute approximate surface area is 187 Å². The number of thiophene rings is 1. The summed E-state index contributed by atoms with van der Waals surface area (Å²) >= 11 is 1.49. The van der Waals surface area contributed by atoms with Crippen LogP contribution in [0.5, 0.6) is 0 Å². The van der Waals surface area contributed by atoms with Crippen molar-refractivity contribution in [2.45, 2.75) is 18.9 Å². The number of aromatic nitrogens is 2. The summed E-state index contributed by atoms with van der Waals surface area (Å²) in [7, 11) is 5.69. The van der Waals surface area contributed by atoms with E-state index in [0.29, 0.717) is 19.1 Å². The zero-order chi connectivity index (χ0) is 21.8. The lowest BCUT2D eigenvalue weighted by Gasteiger charge is -2.21. The lowest BCUT2D eigenvalue weighted by Crippen LogP contribution is -2.27. The van der Waals surface area contributed by atoms with Gasteiger partial charge in [0.15, 0.2) is 0 Å². The highest BCUT2D eigenvalue weighted by Gasteiger charge is 2.31. The molecule has 1 amide bonds. The Bertz CT molecular complexity index is 1050. The number of nitrogens with zero attached hydrogens (tertiary/aromatic N) is 4. The Balaban J connectivity index is 1.57. The molecule has 8 heteroatoms. The van der Waals surface area contributed by atoms with Crippen LogP contribution in [-0.4, -0.2) is 68.2 Å². The molecule has 1 saturated heterocycles. The number of rotatable bonds is 8. The van der Waals surface area contributed by atoms with Crippen LogP contribution in [0.4, 0.5) is 5.82 Å². The summed E-state index contributed by atoms with van der Waals surface area (Å²) in [6.07, 6.45) is 4.66. The third kappa shape index (κ3) is 4.71. The molecular formula is C23H29N5O2S. The van der Waals surface area contributed by atoms with Gasteiger partial charge >= 0.3 is 0 Å². The number of likely N-dealkylation sites (tertiary alicyclic amines) is 1. The average molecular weight is 440 g/mol. The molecule has 1 aliphatic heterocycles. The molecule has 0 bridgehead atoms. The molecule has 0 aromatic carbocycles. The van der Waals surface area contributed by atoms with Gasteiger partial charge in [-0.25, -0.2) is 9.97 Å². The molecule has 164 valence electrons. The van der Waals surface area contributed by atoms with Crippen LogP contribution in [0.2, 0.25) is 0 Å². The third-order valence-electron chi connectivity index (χ3n) is 5.67. The van der Waals surface area contributed by atoms with Gasteiger partial charge in [-0.2, -0.15) is 0 Å². The van der Waals surface area contributed by atoms with Gasteiger partial charge in [0.2, 0.25) is 0 Å². The number of hydrogen-bond acceptors (Lipinski definition) is 7. The lowest BCUT2D eigenvalue weighted by molar-refractivity contribution is 0.0940. The van der Waals surface area contributed by atoms with Crippen LogP contribution in [0.3, 0.4) is 0 Å². The molecule has 1 fully saturated rings. The summed E-state index contributed by atoms with van der Waals surface area (Å²) in [6, 6.07) is 8.19. The van der Waals surface area contributed by atoms with Gasteiger partial charge in [0.05, 0.1) is 11.5 Å². The van der Waals surface area contributed by atoms with Crippen molar-refractivity contribution in [3.8, 4) is 0 Å². The minimum absolute atomic E-state index is 0.0318. The first-order chi connectivity index (χ1) is 15.1. The number of fused-ring (bicyclic) bond motifs is 1. The van der Waals surface area contributed by atoms with E-state index in [1.54, 1.807) is 13.3 Å². The van der Waals surface area contributed by atoms with E-state index >= 15 is 0 Å². The summed E-state index contributed by atoms with van der Waals surface area (Å²) in [4.78, 5) is 28.2. The zero-order valence-corrected chi connectivity index (χ0v) is 19.1. The number of nitrogens with one attached hydrogen (secondary N) is 1. The molecule has 0 saturated carbocycles. The van der Waals surface area contributed by atoms with Crippen LogP contribution in [0, 0.1) is 0 Å². The molecule has 1 N–H and O–H groups in total. The first-order valence-electron chi connectivity index (χ1n) is 10.6. The fourth-order valence-corrected chi connectivity index (χ4v) is 5.43. The second kappa shape index (κ2) is 9.72. The van der Waals surface area contributed by atoms with Gasteiger partial charge in [-0.15, -0.1) is 11.3 Å². The standard InChI is InChI=1S/C23H29N5O2S/c1-27(2)21-17(6-4-9-24-21)15-28-12-8-16(14-28)19-18-7-5-10-26-23(18)31-20(19)22(29)25-11-13-30-3/h4-7,9-10,16H,8,11-15H2,1-3H3,(H,25,29). The van der Waals surface area contributed by atoms with Crippen molar-refractivity contribution in [2.24, 2.45) is 0 Å². The van der Waals surface area contributed by atoms with Gasteiger partial charge in [0.1, 0.15) is 10.6 Å². The summed E-state index contributed by atoms with van der Waals surface area (Å²) < 4.78 is 5.08. The number of anilines is 1. The quantitative estimate of drug-likeness (QED) is 0.544. The predicted molar refractivity (Wildman–Crippen MR) is 125 cm³/mol. The number of methoxy groups -OCH3 is 1. The van der Waals surface area contributed by atoms with E-state index in [2.05, 4.69) is 37.2 Å². The highest BCUT2D eigenvalue weighted by Crippen LogP contribution is 2.39. The molecule has 0 radical (unpaired) electrons. The van der Waals surface area contributed by atoms with E-state index < -0.39 is 0 Å². The van der Waals surface area contributed by atoms with Crippen LogP contribution < -0.4 is 10.2 Å². The van der Waals surface area contributed by atoms with E-state index in [1.807, 2.05) is 32.4 Å². The fraction of sp³-hybridized carbons (Fsp3) is 0.435. The van der Waals surface area contributed by atoms with Gasteiger partial charge in [-0.1, -0.05) is 12.1 Å². The normalized spacial score (nSPS) is 16.7. The predicted octanol–water partition coefficient (Wildman–Crippen LogP) is 3.12. The Morgan fingerprint density at radius 2 is 2.10 bits per heavy atom.